The third kappa shape index (κ3) is 3.86. The Bertz CT molecular complexity index is 837. The highest BCUT2D eigenvalue weighted by Crippen LogP contribution is 2.26. The number of carbonyl (C=O) groups excluding carboxylic acids is 1. The predicted molar refractivity (Wildman–Crippen MR) is 91.0 cm³/mol. The van der Waals surface area contributed by atoms with E-state index in [4.69, 9.17) is 4.84 Å². The Balaban J connectivity index is 1.71. The number of hydrogen-bond acceptors (Lipinski definition) is 5. The lowest BCUT2D eigenvalue weighted by Crippen LogP contribution is -2.27. The molecule has 120 valence electrons. The number of amides is 1. The van der Waals surface area contributed by atoms with Crippen molar-refractivity contribution in [3.8, 4) is 5.75 Å². The number of hydroxylamine groups is 1. The zero-order valence-electron chi connectivity index (χ0n) is 13.1. The van der Waals surface area contributed by atoms with Gasteiger partial charge in [-0.25, -0.2) is 4.98 Å². The molecule has 1 amide bonds. The van der Waals surface area contributed by atoms with Crippen LogP contribution in [0.3, 0.4) is 0 Å². The first-order valence-electron chi connectivity index (χ1n) is 7.39. The minimum atomic E-state index is -0.369. The molecule has 3 rings (SSSR count). The smallest absolute Gasteiger partial charge is 0.285 e. The van der Waals surface area contributed by atoms with E-state index >= 15 is 0 Å². The molecule has 1 aromatic carbocycles. The molecule has 0 unspecified atom stereocenters. The van der Waals surface area contributed by atoms with Crippen molar-refractivity contribution in [2.75, 3.05) is 5.32 Å². The number of aromatic nitrogens is 2. The van der Waals surface area contributed by atoms with Gasteiger partial charge in [-0.1, -0.05) is 18.2 Å². The first kappa shape index (κ1) is 15.5. The molecule has 6 nitrogen and oxygen atoms in total. The van der Waals surface area contributed by atoms with Gasteiger partial charge in [-0.2, -0.15) is 5.48 Å². The molecule has 24 heavy (non-hydrogen) atoms. The van der Waals surface area contributed by atoms with Gasteiger partial charge in [0.05, 0.1) is 11.3 Å². The summed E-state index contributed by atoms with van der Waals surface area (Å²) in [4.78, 5) is 25.8. The SMILES string of the molecule is Cc1cccc(Nc2ccccc2ONC(=O)c2cccnc2)n1. The van der Waals surface area contributed by atoms with Crippen LogP contribution in [-0.4, -0.2) is 15.9 Å². The summed E-state index contributed by atoms with van der Waals surface area (Å²) in [6.45, 7) is 1.92. The fraction of sp³-hybridized carbons (Fsp3) is 0.0556. The van der Waals surface area contributed by atoms with Crippen LogP contribution in [0.25, 0.3) is 0 Å². The summed E-state index contributed by atoms with van der Waals surface area (Å²) in [5.74, 6) is 0.814. The van der Waals surface area contributed by atoms with Crippen molar-refractivity contribution in [3.63, 3.8) is 0 Å². The molecule has 0 aliphatic heterocycles. The van der Waals surface area contributed by atoms with E-state index in [1.807, 2.05) is 43.3 Å². The summed E-state index contributed by atoms with van der Waals surface area (Å²) >= 11 is 0. The van der Waals surface area contributed by atoms with Crippen LogP contribution in [0.5, 0.6) is 5.75 Å². The van der Waals surface area contributed by atoms with Crippen LogP contribution < -0.4 is 15.6 Å². The number of carbonyl (C=O) groups is 1. The fourth-order valence-electron chi connectivity index (χ4n) is 2.07. The van der Waals surface area contributed by atoms with Crippen molar-refractivity contribution in [2.45, 2.75) is 6.92 Å². The van der Waals surface area contributed by atoms with E-state index in [2.05, 4.69) is 20.8 Å². The number of benzene rings is 1. The van der Waals surface area contributed by atoms with Gasteiger partial charge in [0.15, 0.2) is 5.75 Å². The number of pyridine rings is 2. The number of hydrogen-bond donors (Lipinski definition) is 2. The van der Waals surface area contributed by atoms with Crippen LogP contribution in [-0.2, 0) is 0 Å². The number of nitrogens with zero attached hydrogens (tertiary/aromatic N) is 2. The normalized spacial score (nSPS) is 10.0. The lowest BCUT2D eigenvalue weighted by atomic mass is 10.3. The van der Waals surface area contributed by atoms with E-state index in [0.717, 1.165) is 5.69 Å². The maximum Gasteiger partial charge on any atom is 0.285 e. The van der Waals surface area contributed by atoms with Crippen LogP contribution in [0.15, 0.2) is 67.0 Å². The molecule has 0 fully saturated rings. The molecule has 0 saturated carbocycles. The second-order valence-corrected chi connectivity index (χ2v) is 5.06. The monoisotopic (exact) mass is 320 g/mol. The number of para-hydroxylation sites is 2. The van der Waals surface area contributed by atoms with Gasteiger partial charge in [0, 0.05) is 18.1 Å². The average molecular weight is 320 g/mol. The van der Waals surface area contributed by atoms with Crippen molar-refractivity contribution in [3.05, 3.63) is 78.2 Å². The maximum absolute atomic E-state index is 12.0. The second-order valence-electron chi connectivity index (χ2n) is 5.06. The van der Waals surface area contributed by atoms with Crippen LogP contribution >= 0.6 is 0 Å². The van der Waals surface area contributed by atoms with Gasteiger partial charge in [0.1, 0.15) is 5.82 Å². The Kier molecular flexibility index (Phi) is 4.67. The molecule has 2 heterocycles. The second kappa shape index (κ2) is 7.23. The molecular weight excluding hydrogens is 304 g/mol. The standard InChI is InChI=1S/C18H16N4O2/c1-13-6-4-10-17(20-13)21-15-8-2-3-9-16(15)24-22-18(23)14-7-5-11-19-12-14/h2-12H,1H3,(H,20,21)(H,22,23). The molecule has 0 bridgehead atoms. The quantitative estimate of drug-likeness (QED) is 0.706. The number of anilines is 2. The van der Waals surface area contributed by atoms with E-state index in [9.17, 15) is 4.79 Å². The lowest BCUT2D eigenvalue weighted by Gasteiger charge is -2.12. The van der Waals surface area contributed by atoms with Crippen LogP contribution in [0.1, 0.15) is 16.1 Å². The number of aryl methyl sites for hydroxylation is 1. The Morgan fingerprint density at radius 2 is 1.92 bits per heavy atom. The van der Waals surface area contributed by atoms with Gasteiger partial charge in [0.2, 0.25) is 0 Å². The highest BCUT2D eigenvalue weighted by atomic mass is 16.7. The molecule has 2 aromatic heterocycles. The molecule has 3 aromatic rings. The largest absolute Gasteiger partial charge is 0.377 e. The van der Waals surface area contributed by atoms with Gasteiger partial charge in [-0.05, 0) is 43.3 Å². The van der Waals surface area contributed by atoms with Crippen LogP contribution in [0.2, 0.25) is 0 Å². The highest BCUT2D eigenvalue weighted by molar-refractivity contribution is 5.93. The molecule has 0 atom stereocenters. The van der Waals surface area contributed by atoms with Gasteiger partial charge in [0.25, 0.3) is 5.91 Å². The van der Waals surface area contributed by atoms with E-state index in [1.54, 1.807) is 24.4 Å². The molecule has 0 spiro atoms. The van der Waals surface area contributed by atoms with Crippen molar-refractivity contribution in [1.29, 1.82) is 0 Å². The molecular formula is C18H16N4O2. The first-order valence-corrected chi connectivity index (χ1v) is 7.39. The third-order valence-corrected chi connectivity index (χ3v) is 3.22. The summed E-state index contributed by atoms with van der Waals surface area (Å²) < 4.78 is 0. The molecule has 0 aliphatic carbocycles. The summed E-state index contributed by atoms with van der Waals surface area (Å²) in [6.07, 6.45) is 3.07. The molecule has 0 saturated heterocycles. The Morgan fingerprint density at radius 3 is 2.71 bits per heavy atom. The first-order chi connectivity index (χ1) is 11.7. The van der Waals surface area contributed by atoms with Gasteiger partial charge in [-0.3, -0.25) is 9.78 Å². The van der Waals surface area contributed by atoms with E-state index in [0.29, 0.717) is 22.8 Å². The molecule has 2 N–H and O–H groups in total. The van der Waals surface area contributed by atoms with Crippen molar-refractivity contribution >= 4 is 17.4 Å². The fourth-order valence-corrected chi connectivity index (χ4v) is 2.07. The lowest BCUT2D eigenvalue weighted by molar-refractivity contribution is 0.0761. The summed E-state index contributed by atoms with van der Waals surface area (Å²) in [7, 11) is 0. The summed E-state index contributed by atoms with van der Waals surface area (Å²) in [5, 5.41) is 3.18. The maximum atomic E-state index is 12.0. The Hall–Kier alpha value is -3.41. The number of nitrogens with one attached hydrogen (secondary N) is 2. The zero-order valence-corrected chi connectivity index (χ0v) is 13.1. The third-order valence-electron chi connectivity index (χ3n) is 3.22. The van der Waals surface area contributed by atoms with Gasteiger partial charge >= 0.3 is 0 Å². The van der Waals surface area contributed by atoms with Crippen molar-refractivity contribution in [2.24, 2.45) is 0 Å². The molecule has 0 radical (unpaired) electrons. The topological polar surface area (TPSA) is 76.1 Å². The highest BCUT2D eigenvalue weighted by Gasteiger charge is 2.09. The number of rotatable bonds is 5. The Morgan fingerprint density at radius 1 is 1.04 bits per heavy atom. The summed E-state index contributed by atoms with van der Waals surface area (Å²) in [6, 6.07) is 16.3. The van der Waals surface area contributed by atoms with Crippen LogP contribution in [0.4, 0.5) is 11.5 Å². The predicted octanol–water partition coefficient (Wildman–Crippen LogP) is 3.25. The van der Waals surface area contributed by atoms with Crippen molar-refractivity contribution < 1.29 is 9.63 Å². The van der Waals surface area contributed by atoms with E-state index < -0.39 is 0 Å². The average Bonchev–Trinajstić information content (AvgIpc) is 2.61. The van der Waals surface area contributed by atoms with E-state index in [-0.39, 0.29) is 5.91 Å². The zero-order chi connectivity index (χ0) is 16.8. The Labute approximate surface area is 139 Å². The van der Waals surface area contributed by atoms with Crippen molar-refractivity contribution in [1.82, 2.24) is 15.4 Å². The summed E-state index contributed by atoms with van der Waals surface area (Å²) in [5.41, 5.74) is 4.44. The van der Waals surface area contributed by atoms with E-state index in [1.165, 1.54) is 6.20 Å². The van der Waals surface area contributed by atoms with Gasteiger partial charge in [-0.15, -0.1) is 0 Å². The molecule has 6 heteroatoms. The van der Waals surface area contributed by atoms with Gasteiger partial charge < -0.3 is 10.2 Å². The van der Waals surface area contributed by atoms with Crippen LogP contribution in [0, 0.1) is 6.92 Å². The minimum Gasteiger partial charge on any atom is -0.377 e. The molecule has 0 aliphatic rings. The minimum absolute atomic E-state index is 0.369.